The highest BCUT2D eigenvalue weighted by Crippen LogP contribution is 2.40. The van der Waals surface area contributed by atoms with Crippen LogP contribution < -0.4 is 4.74 Å². The Balaban J connectivity index is 2.16. The average molecular weight is 298 g/mol. The summed E-state index contributed by atoms with van der Waals surface area (Å²) in [6.07, 6.45) is 2.12. The number of methoxy groups -OCH3 is 1. The first-order valence-corrected chi connectivity index (χ1v) is 7.53. The summed E-state index contributed by atoms with van der Waals surface area (Å²) in [4.78, 5) is 12.3. The molecule has 3 nitrogen and oxygen atoms in total. The van der Waals surface area contributed by atoms with Crippen LogP contribution in [0.1, 0.15) is 21.5 Å². The maximum absolute atomic E-state index is 11.2. The van der Waals surface area contributed by atoms with Crippen molar-refractivity contribution in [3.8, 4) is 5.75 Å². The van der Waals surface area contributed by atoms with E-state index in [1.165, 1.54) is 0 Å². The van der Waals surface area contributed by atoms with Gasteiger partial charge in [0.15, 0.2) is 0 Å². The average Bonchev–Trinajstić information content (AvgIpc) is 2.53. The molecule has 0 amide bonds. The van der Waals surface area contributed by atoms with E-state index in [-0.39, 0.29) is 0 Å². The topological polar surface area (TPSA) is 46.5 Å². The van der Waals surface area contributed by atoms with Crippen molar-refractivity contribution < 1.29 is 14.6 Å². The largest absolute Gasteiger partial charge is 0.496 e. The van der Waals surface area contributed by atoms with Crippen molar-refractivity contribution in [2.24, 2.45) is 0 Å². The first kappa shape index (κ1) is 13.8. The number of para-hydroxylation sites is 1. The molecule has 0 bridgehead atoms. The van der Waals surface area contributed by atoms with Gasteiger partial charge in [-0.05, 0) is 35.4 Å². The molecule has 0 spiro atoms. The number of fused-ring (bicyclic) bond motifs is 1. The van der Waals surface area contributed by atoms with Crippen LogP contribution in [0.25, 0.3) is 5.57 Å². The van der Waals surface area contributed by atoms with Crippen molar-refractivity contribution in [1.82, 2.24) is 0 Å². The van der Waals surface area contributed by atoms with Gasteiger partial charge in [0.25, 0.3) is 0 Å². The fourth-order valence-corrected chi connectivity index (χ4v) is 3.36. The van der Waals surface area contributed by atoms with Crippen molar-refractivity contribution in [1.29, 1.82) is 0 Å². The second-order valence-electron chi connectivity index (χ2n) is 4.65. The molecule has 2 aromatic rings. The zero-order valence-electron chi connectivity index (χ0n) is 11.5. The molecule has 4 heteroatoms. The lowest BCUT2D eigenvalue weighted by molar-refractivity contribution is 0.0697. The fraction of sp³-hybridized carbons (Fsp3) is 0.118. The van der Waals surface area contributed by atoms with E-state index < -0.39 is 5.97 Å². The number of aromatic carboxylic acids is 1. The minimum Gasteiger partial charge on any atom is -0.496 e. The molecule has 1 N–H and O–H groups in total. The Morgan fingerprint density at radius 3 is 2.76 bits per heavy atom. The smallest absolute Gasteiger partial charge is 0.335 e. The number of thioether (sulfide) groups is 1. The van der Waals surface area contributed by atoms with Crippen LogP contribution in [0.15, 0.2) is 53.4 Å². The second-order valence-corrected chi connectivity index (χ2v) is 5.71. The van der Waals surface area contributed by atoms with Crippen LogP contribution in [0.5, 0.6) is 5.75 Å². The molecule has 0 aromatic heterocycles. The van der Waals surface area contributed by atoms with E-state index in [2.05, 4.69) is 6.08 Å². The summed E-state index contributed by atoms with van der Waals surface area (Å²) < 4.78 is 5.43. The lowest BCUT2D eigenvalue weighted by Crippen LogP contribution is -2.03. The first-order chi connectivity index (χ1) is 10.2. The van der Waals surface area contributed by atoms with Gasteiger partial charge in [0.2, 0.25) is 0 Å². The van der Waals surface area contributed by atoms with Gasteiger partial charge < -0.3 is 9.84 Å². The van der Waals surface area contributed by atoms with Crippen molar-refractivity contribution in [3.05, 3.63) is 65.2 Å². The van der Waals surface area contributed by atoms with Crippen LogP contribution in [-0.4, -0.2) is 23.9 Å². The van der Waals surface area contributed by atoms with Crippen LogP contribution in [0.3, 0.4) is 0 Å². The predicted molar refractivity (Wildman–Crippen MR) is 84.2 cm³/mol. The Bertz CT molecular complexity index is 735. The van der Waals surface area contributed by atoms with Crippen LogP contribution >= 0.6 is 11.8 Å². The first-order valence-electron chi connectivity index (χ1n) is 6.55. The number of carboxylic acids is 1. The minimum atomic E-state index is -0.909. The van der Waals surface area contributed by atoms with Gasteiger partial charge in [-0.15, -0.1) is 11.8 Å². The molecular weight excluding hydrogens is 284 g/mol. The fourth-order valence-electron chi connectivity index (χ4n) is 2.45. The molecule has 0 unspecified atom stereocenters. The van der Waals surface area contributed by atoms with Gasteiger partial charge >= 0.3 is 5.97 Å². The van der Waals surface area contributed by atoms with Gasteiger partial charge in [0.1, 0.15) is 5.75 Å². The van der Waals surface area contributed by atoms with Gasteiger partial charge in [-0.25, -0.2) is 4.79 Å². The Hall–Kier alpha value is -2.20. The molecule has 1 aliphatic rings. The van der Waals surface area contributed by atoms with E-state index in [0.29, 0.717) is 5.56 Å². The van der Waals surface area contributed by atoms with Gasteiger partial charge in [0, 0.05) is 16.2 Å². The summed E-state index contributed by atoms with van der Waals surface area (Å²) in [6, 6.07) is 13.1. The van der Waals surface area contributed by atoms with Crippen molar-refractivity contribution in [2.75, 3.05) is 12.9 Å². The number of carboxylic acid groups (broad SMARTS) is 1. The number of rotatable bonds is 3. The molecule has 1 aliphatic heterocycles. The third-order valence-corrected chi connectivity index (χ3v) is 4.44. The summed E-state index contributed by atoms with van der Waals surface area (Å²) in [5, 5.41) is 9.19. The van der Waals surface area contributed by atoms with Gasteiger partial charge in [0.05, 0.1) is 12.7 Å². The lowest BCUT2D eigenvalue weighted by atomic mass is 9.95. The van der Waals surface area contributed by atoms with E-state index in [0.717, 1.165) is 33.1 Å². The minimum absolute atomic E-state index is 0.303. The quantitative estimate of drug-likeness (QED) is 0.932. The normalized spacial score (nSPS) is 13.3. The second kappa shape index (κ2) is 5.66. The Kier molecular flexibility index (Phi) is 3.71. The van der Waals surface area contributed by atoms with E-state index in [1.54, 1.807) is 31.0 Å². The molecule has 2 aromatic carbocycles. The molecule has 0 saturated carbocycles. The summed E-state index contributed by atoms with van der Waals surface area (Å²) in [5.74, 6) is 0.752. The molecule has 106 valence electrons. The standard InChI is InChI=1S/C17H14O3S/c1-20-15-5-3-2-4-13(15)12-8-9-21-16-7-6-11(17(18)19)10-14(12)16/h2-8,10H,9H2,1H3,(H,18,19). The molecule has 0 fully saturated rings. The van der Waals surface area contributed by atoms with E-state index in [9.17, 15) is 9.90 Å². The Morgan fingerprint density at radius 1 is 1.19 bits per heavy atom. The highest BCUT2D eigenvalue weighted by Gasteiger charge is 2.19. The molecule has 0 saturated heterocycles. The van der Waals surface area contributed by atoms with Crippen LogP contribution in [0.2, 0.25) is 0 Å². The predicted octanol–water partition coefficient (Wildman–Crippen LogP) is 3.93. The molecule has 1 heterocycles. The zero-order valence-corrected chi connectivity index (χ0v) is 12.3. The van der Waals surface area contributed by atoms with Crippen LogP contribution in [-0.2, 0) is 0 Å². The van der Waals surface area contributed by atoms with Crippen molar-refractivity contribution >= 4 is 23.3 Å². The molecule has 0 aliphatic carbocycles. The SMILES string of the molecule is COc1ccccc1C1=CCSc2ccc(C(=O)O)cc21. The third-order valence-electron chi connectivity index (χ3n) is 3.44. The summed E-state index contributed by atoms with van der Waals surface area (Å²) in [5.41, 5.74) is 3.28. The van der Waals surface area contributed by atoms with Crippen molar-refractivity contribution in [3.63, 3.8) is 0 Å². The molecule has 0 atom stereocenters. The van der Waals surface area contributed by atoms with Crippen LogP contribution in [0, 0.1) is 0 Å². The van der Waals surface area contributed by atoms with Crippen LogP contribution in [0.4, 0.5) is 0 Å². The highest BCUT2D eigenvalue weighted by molar-refractivity contribution is 7.99. The maximum atomic E-state index is 11.2. The maximum Gasteiger partial charge on any atom is 0.335 e. The lowest BCUT2D eigenvalue weighted by Gasteiger charge is -2.19. The summed E-state index contributed by atoms with van der Waals surface area (Å²) in [7, 11) is 1.64. The number of benzene rings is 2. The summed E-state index contributed by atoms with van der Waals surface area (Å²) >= 11 is 1.71. The molecule has 21 heavy (non-hydrogen) atoms. The van der Waals surface area contributed by atoms with E-state index >= 15 is 0 Å². The monoisotopic (exact) mass is 298 g/mol. The van der Waals surface area contributed by atoms with E-state index in [4.69, 9.17) is 4.74 Å². The number of carbonyl (C=O) groups is 1. The number of ether oxygens (including phenoxy) is 1. The molecular formula is C17H14O3S. The Labute approximate surface area is 127 Å². The Morgan fingerprint density at radius 2 is 2.00 bits per heavy atom. The number of hydrogen-bond acceptors (Lipinski definition) is 3. The third kappa shape index (κ3) is 2.54. The van der Waals surface area contributed by atoms with Gasteiger partial charge in [-0.2, -0.15) is 0 Å². The van der Waals surface area contributed by atoms with Crippen molar-refractivity contribution in [2.45, 2.75) is 4.90 Å². The zero-order chi connectivity index (χ0) is 14.8. The molecule has 0 radical (unpaired) electrons. The molecule has 3 rings (SSSR count). The van der Waals surface area contributed by atoms with E-state index in [1.807, 2.05) is 30.3 Å². The summed E-state index contributed by atoms with van der Waals surface area (Å²) in [6.45, 7) is 0. The van der Waals surface area contributed by atoms with Gasteiger partial charge in [-0.1, -0.05) is 24.3 Å². The van der Waals surface area contributed by atoms with Gasteiger partial charge in [-0.3, -0.25) is 0 Å². The number of hydrogen-bond donors (Lipinski definition) is 1. The highest BCUT2D eigenvalue weighted by atomic mass is 32.2.